The Balaban J connectivity index is 0. The standard InChI is InChI=1S/C7H13NO2.CH4O4S/c1-5(2)6(4-8)7(9)10-3;1-5-6(2,3)4/h4,8H2,1-3H3;1H3,(H,2,3,4). The lowest BCUT2D eigenvalue weighted by Crippen LogP contribution is -2.15. The molecule has 0 saturated heterocycles. The van der Waals surface area contributed by atoms with Crippen molar-refractivity contribution >= 4 is 16.4 Å². The molecule has 0 radical (unpaired) electrons. The molecule has 16 heavy (non-hydrogen) atoms. The smallest absolute Gasteiger partial charge is 0.397 e. The first kappa shape index (κ1) is 17.4. The van der Waals surface area contributed by atoms with Gasteiger partial charge in [0.1, 0.15) is 0 Å². The monoisotopic (exact) mass is 255 g/mol. The average molecular weight is 255 g/mol. The number of rotatable bonds is 3. The molecule has 0 aliphatic heterocycles. The summed E-state index contributed by atoms with van der Waals surface area (Å²) in [6, 6.07) is 0. The Kier molecular flexibility index (Phi) is 8.96. The van der Waals surface area contributed by atoms with Crippen LogP contribution in [0.2, 0.25) is 0 Å². The highest BCUT2D eigenvalue weighted by atomic mass is 32.3. The third-order valence-corrected chi connectivity index (χ3v) is 1.87. The van der Waals surface area contributed by atoms with Crippen molar-refractivity contribution in [3.63, 3.8) is 0 Å². The summed E-state index contributed by atoms with van der Waals surface area (Å²) in [6.07, 6.45) is 0. The van der Waals surface area contributed by atoms with Gasteiger partial charge in [-0.05, 0) is 13.8 Å². The van der Waals surface area contributed by atoms with Crippen LogP contribution in [0.25, 0.3) is 0 Å². The van der Waals surface area contributed by atoms with Gasteiger partial charge in [-0.2, -0.15) is 8.42 Å². The molecule has 0 aliphatic carbocycles. The number of ether oxygens (including phenoxy) is 1. The van der Waals surface area contributed by atoms with Crippen LogP contribution in [0.4, 0.5) is 0 Å². The Morgan fingerprint density at radius 3 is 1.75 bits per heavy atom. The minimum atomic E-state index is -4.16. The summed E-state index contributed by atoms with van der Waals surface area (Å²) < 4.78 is 34.2. The molecule has 0 atom stereocenters. The second kappa shape index (κ2) is 8.22. The van der Waals surface area contributed by atoms with Crippen molar-refractivity contribution in [2.24, 2.45) is 5.73 Å². The Morgan fingerprint density at radius 2 is 1.69 bits per heavy atom. The first-order chi connectivity index (χ1) is 7.19. The molecular formula is C8H17NO6S. The fourth-order valence-electron chi connectivity index (χ4n) is 0.615. The van der Waals surface area contributed by atoms with Gasteiger partial charge in [0, 0.05) is 12.1 Å². The minimum absolute atomic E-state index is 0.245. The van der Waals surface area contributed by atoms with Crippen molar-refractivity contribution in [2.75, 3.05) is 20.8 Å². The van der Waals surface area contributed by atoms with Gasteiger partial charge in [0.15, 0.2) is 0 Å². The van der Waals surface area contributed by atoms with E-state index in [1.807, 2.05) is 13.8 Å². The largest absolute Gasteiger partial charge is 0.466 e. The predicted octanol–water partition coefficient (Wildman–Crippen LogP) is -0.110. The van der Waals surface area contributed by atoms with Gasteiger partial charge >= 0.3 is 16.4 Å². The molecule has 0 bridgehead atoms. The van der Waals surface area contributed by atoms with E-state index in [1.165, 1.54) is 7.11 Å². The van der Waals surface area contributed by atoms with E-state index in [1.54, 1.807) is 0 Å². The quantitative estimate of drug-likeness (QED) is 0.410. The second-order valence-electron chi connectivity index (χ2n) is 2.77. The molecule has 0 spiro atoms. The molecule has 0 aromatic heterocycles. The SMILES string of the molecule is COC(=O)C(CN)=C(C)C.COS(=O)(=O)O. The third-order valence-electron chi connectivity index (χ3n) is 1.45. The van der Waals surface area contributed by atoms with E-state index in [4.69, 9.17) is 10.3 Å². The van der Waals surface area contributed by atoms with Crippen LogP contribution in [-0.4, -0.2) is 39.7 Å². The lowest BCUT2D eigenvalue weighted by Gasteiger charge is -2.02. The van der Waals surface area contributed by atoms with Gasteiger partial charge in [-0.3, -0.25) is 8.74 Å². The van der Waals surface area contributed by atoms with Crippen LogP contribution in [0.3, 0.4) is 0 Å². The van der Waals surface area contributed by atoms with Crippen LogP contribution < -0.4 is 5.73 Å². The van der Waals surface area contributed by atoms with Crippen LogP contribution in [0.1, 0.15) is 13.8 Å². The summed E-state index contributed by atoms with van der Waals surface area (Å²) in [6.45, 7) is 3.91. The topological polar surface area (TPSA) is 116 Å². The van der Waals surface area contributed by atoms with E-state index in [2.05, 4.69) is 8.92 Å². The van der Waals surface area contributed by atoms with Crippen molar-refractivity contribution in [3.8, 4) is 0 Å². The van der Waals surface area contributed by atoms with Gasteiger partial charge < -0.3 is 10.5 Å². The molecule has 0 rings (SSSR count). The lowest BCUT2D eigenvalue weighted by molar-refractivity contribution is -0.136. The van der Waals surface area contributed by atoms with Gasteiger partial charge in [-0.25, -0.2) is 4.79 Å². The molecule has 96 valence electrons. The number of carbonyl (C=O) groups is 1. The number of nitrogens with two attached hydrogens (primary N) is 1. The van der Waals surface area contributed by atoms with Crippen LogP contribution in [0, 0.1) is 0 Å². The maximum Gasteiger partial charge on any atom is 0.397 e. The molecule has 0 amide bonds. The Morgan fingerprint density at radius 1 is 1.31 bits per heavy atom. The van der Waals surface area contributed by atoms with Gasteiger partial charge in [0.25, 0.3) is 0 Å². The van der Waals surface area contributed by atoms with Crippen LogP contribution in [0.5, 0.6) is 0 Å². The number of hydrogen-bond donors (Lipinski definition) is 2. The van der Waals surface area contributed by atoms with E-state index < -0.39 is 10.4 Å². The van der Waals surface area contributed by atoms with Crippen molar-refractivity contribution in [1.29, 1.82) is 0 Å². The lowest BCUT2D eigenvalue weighted by atomic mass is 10.1. The summed E-state index contributed by atoms with van der Waals surface area (Å²) in [4.78, 5) is 10.8. The zero-order chi connectivity index (χ0) is 13.4. The molecule has 0 saturated carbocycles. The first-order valence-corrected chi connectivity index (χ1v) is 5.53. The van der Waals surface area contributed by atoms with E-state index >= 15 is 0 Å². The van der Waals surface area contributed by atoms with Crippen LogP contribution >= 0.6 is 0 Å². The number of methoxy groups -OCH3 is 1. The van der Waals surface area contributed by atoms with E-state index in [0.717, 1.165) is 12.7 Å². The Labute approximate surface area is 95.2 Å². The highest BCUT2D eigenvalue weighted by Crippen LogP contribution is 2.02. The zero-order valence-corrected chi connectivity index (χ0v) is 10.5. The average Bonchev–Trinajstić information content (AvgIpc) is 2.18. The molecule has 0 unspecified atom stereocenters. The molecule has 0 heterocycles. The van der Waals surface area contributed by atoms with Crippen molar-refractivity contribution < 1.29 is 26.7 Å². The first-order valence-electron chi connectivity index (χ1n) is 4.17. The summed E-state index contributed by atoms with van der Waals surface area (Å²) in [5.74, 6) is -0.331. The van der Waals surface area contributed by atoms with Crippen molar-refractivity contribution in [2.45, 2.75) is 13.8 Å². The number of carbonyl (C=O) groups excluding carboxylic acids is 1. The van der Waals surface area contributed by atoms with E-state index in [-0.39, 0.29) is 12.5 Å². The molecule has 0 fully saturated rings. The minimum Gasteiger partial charge on any atom is -0.466 e. The van der Waals surface area contributed by atoms with Gasteiger partial charge in [-0.15, -0.1) is 0 Å². The highest BCUT2D eigenvalue weighted by Gasteiger charge is 2.07. The van der Waals surface area contributed by atoms with Crippen molar-refractivity contribution in [1.82, 2.24) is 0 Å². The highest BCUT2D eigenvalue weighted by molar-refractivity contribution is 7.80. The number of esters is 1. The maximum atomic E-state index is 10.8. The molecular weight excluding hydrogens is 238 g/mol. The van der Waals surface area contributed by atoms with Crippen LogP contribution in [0.15, 0.2) is 11.1 Å². The van der Waals surface area contributed by atoms with Gasteiger partial charge in [0.05, 0.1) is 14.2 Å². The van der Waals surface area contributed by atoms with E-state index in [0.29, 0.717) is 5.57 Å². The predicted molar refractivity (Wildman–Crippen MR) is 58.0 cm³/mol. The van der Waals surface area contributed by atoms with Gasteiger partial charge in [0.2, 0.25) is 0 Å². The summed E-state index contributed by atoms with van der Waals surface area (Å²) in [7, 11) is -1.94. The molecule has 8 heteroatoms. The Bertz CT molecular complexity index is 342. The number of hydrogen-bond acceptors (Lipinski definition) is 6. The van der Waals surface area contributed by atoms with E-state index in [9.17, 15) is 13.2 Å². The molecule has 0 aromatic rings. The zero-order valence-electron chi connectivity index (χ0n) is 9.68. The Hall–Kier alpha value is -0.960. The van der Waals surface area contributed by atoms with Crippen LogP contribution in [-0.2, 0) is 24.1 Å². The fourth-order valence-corrected chi connectivity index (χ4v) is 0.615. The summed E-state index contributed by atoms with van der Waals surface area (Å²) >= 11 is 0. The molecule has 0 aliphatic rings. The normalized spacial score (nSPS) is 9.88. The second-order valence-corrected chi connectivity index (χ2v) is 3.96. The third kappa shape index (κ3) is 9.59. The fraction of sp³-hybridized carbons (Fsp3) is 0.625. The maximum absolute atomic E-state index is 10.8. The number of allylic oxidation sites excluding steroid dienone is 1. The molecule has 7 nitrogen and oxygen atoms in total. The molecule has 0 aromatic carbocycles. The summed E-state index contributed by atoms with van der Waals surface area (Å²) in [5.41, 5.74) is 6.76. The van der Waals surface area contributed by atoms with Gasteiger partial charge in [-0.1, -0.05) is 5.57 Å². The van der Waals surface area contributed by atoms with Crippen molar-refractivity contribution in [3.05, 3.63) is 11.1 Å². The summed E-state index contributed by atoms with van der Waals surface area (Å²) in [5, 5.41) is 0. The molecule has 3 N–H and O–H groups in total.